The molecular formula is C23H36N5O12P. The SMILES string of the molecule is C=CC.CC(C)OC(=O)OCOP(=O)(CO[C@H](C)Cn1cnc2c(N)ncnc21)OCOC(=O)OC(C)C.O=C=O. The Labute approximate surface area is 236 Å². The second-order valence-corrected chi connectivity index (χ2v) is 10.1. The van der Waals surface area contributed by atoms with Crippen LogP contribution in [0.5, 0.6) is 0 Å². The molecule has 0 spiro atoms. The third-order valence-electron chi connectivity index (χ3n) is 3.92. The smallest absolute Gasteiger partial charge is 0.432 e. The zero-order chi connectivity index (χ0) is 31.4. The van der Waals surface area contributed by atoms with Crippen molar-refractivity contribution >= 4 is 43.0 Å². The normalized spacial score (nSPS) is 11.3. The van der Waals surface area contributed by atoms with Crippen LogP contribution in [-0.2, 0) is 53.4 Å². The Kier molecular flexibility index (Phi) is 18.2. The van der Waals surface area contributed by atoms with Crippen LogP contribution in [0.3, 0.4) is 0 Å². The Bertz CT molecular complexity index is 1140. The minimum absolute atomic E-state index is 0.237. The fraction of sp³-hybridized carbons (Fsp3) is 0.565. The summed E-state index contributed by atoms with van der Waals surface area (Å²) in [7, 11) is -4.06. The first kappa shape index (κ1) is 37.1. The number of carbonyl (C=O) groups excluding carboxylic acids is 4. The maximum atomic E-state index is 13.1. The first-order chi connectivity index (χ1) is 19.3. The molecule has 0 amide bonds. The number of anilines is 1. The number of carbonyl (C=O) groups is 2. The van der Waals surface area contributed by atoms with E-state index < -0.39 is 58.2 Å². The molecule has 0 saturated carbocycles. The van der Waals surface area contributed by atoms with Gasteiger partial charge in [0.05, 0.1) is 31.2 Å². The van der Waals surface area contributed by atoms with Crippen molar-refractivity contribution in [3.8, 4) is 0 Å². The van der Waals surface area contributed by atoms with Crippen LogP contribution in [0.15, 0.2) is 25.3 Å². The van der Waals surface area contributed by atoms with E-state index >= 15 is 0 Å². The number of nitrogens with two attached hydrogens (primary N) is 1. The number of ether oxygens (including phenoxy) is 5. The lowest BCUT2D eigenvalue weighted by Crippen LogP contribution is -2.20. The summed E-state index contributed by atoms with van der Waals surface area (Å²) in [5, 5.41) is 0. The molecule has 0 aliphatic rings. The molecule has 2 heterocycles. The molecule has 2 N–H and O–H groups in total. The van der Waals surface area contributed by atoms with Gasteiger partial charge in [-0.25, -0.2) is 24.5 Å². The molecule has 2 aromatic heterocycles. The molecule has 230 valence electrons. The third kappa shape index (κ3) is 16.1. The van der Waals surface area contributed by atoms with Gasteiger partial charge in [0.15, 0.2) is 11.5 Å². The van der Waals surface area contributed by atoms with Crippen molar-refractivity contribution in [1.82, 2.24) is 19.5 Å². The molecule has 0 bridgehead atoms. The number of imidazole rings is 1. The molecule has 0 radical (unpaired) electrons. The number of hydrogen-bond donors (Lipinski definition) is 1. The Morgan fingerprint density at radius 3 is 1.98 bits per heavy atom. The number of nitrogen functional groups attached to an aromatic ring is 1. The van der Waals surface area contributed by atoms with Crippen molar-refractivity contribution in [3.05, 3.63) is 25.3 Å². The summed E-state index contributed by atoms with van der Waals surface area (Å²) >= 11 is 0. The highest BCUT2D eigenvalue weighted by Crippen LogP contribution is 2.48. The van der Waals surface area contributed by atoms with Gasteiger partial charge >= 0.3 is 26.1 Å². The standard InChI is InChI=1S/C19H30N5O10P.C3H6.CO2/c1-12(2)33-18(25)28-9-31-35(27,32-10-29-19(26)34-13(3)4)11-30-14(5)6-24-8-23-15-16(20)21-7-22-17(15)24;1-3-2;2-1-3/h7-8,12-14H,6,9-11H2,1-5H3,(H2,20,21,22);3H,1H2,2H3;/t14-;;/m1../s1. The summed E-state index contributed by atoms with van der Waals surface area (Å²) in [6.45, 7) is 12.2. The van der Waals surface area contributed by atoms with Gasteiger partial charge in [-0.2, -0.15) is 9.59 Å². The monoisotopic (exact) mass is 605 g/mol. The summed E-state index contributed by atoms with van der Waals surface area (Å²) in [6, 6.07) is 0. The molecule has 0 aliphatic heterocycles. The number of rotatable bonds is 13. The Hall–Kier alpha value is -3.88. The Morgan fingerprint density at radius 2 is 1.51 bits per heavy atom. The van der Waals surface area contributed by atoms with E-state index in [-0.39, 0.29) is 18.5 Å². The lowest BCUT2D eigenvalue weighted by atomic mass is 10.4. The van der Waals surface area contributed by atoms with Gasteiger partial charge in [-0.15, -0.1) is 6.58 Å². The Balaban J connectivity index is 0.00000244. The highest BCUT2D eigenvalue weighted by Gasteiger charge is 2.29. The van der Waals surface area contributed by atoms with E-state index in [0.717, 1.165) is 0 Å². The van der Waals surface area contributed by atoms with E-state index in [2.05, 4.69) is 21.5 Å². The summed E-state index contributed by atoms with van der Waals surface area (Å²) in [5.74, 6) is 0.237. The van der Waals surface area contributed by atoms with Crippen LogP contribution in [0, 0.1) is 0 Å². The molecule has 2 rings (SSSR count). The maximum absolute atomic E-state index is 13.1. The van der Waals surface area contributed by atoms with E-state index in [9.17, 15) is 14.2 Å². The second-order valence-electron chi connectivity index (χ2n) is 8.15. The van der Waals surface area contributed by atoms with Crippen molar-refractivity contribution in [1.29, 1.82) is 0 Å². The van der Waals surface area contributed by atoms with Gasteiger partial charge in [-0.3, -0.25) is 13.6 Å². The van der Waals surface area contributed by atoms with Crippen molar-refractivity contribution in [2.75, 3.05) is 25.7 Å². The molecule has 0 saturated heterocycles. The van der Waals surface area contributed by atoms with Crippen LogP contribution in [0.1, 0.15) is 41.5 Å². The summed E-state index contributed by atoms with van der Waals surface area (Å²) in [5.41, 5.74) is 6.72. The number of aromatic nitrogens is 4. The van der Waals surface area contributed by atoms with Crippen LogP contribution in [-0.4, -0.2) is 76.2 Å². The van der Waals surface area contributed by atoms with Crippen LogP contribution in [0.4, 0.5) is 15.4 Å². The third-order valence-corrected chi connectivity index (χ3v) is 5.38. The fourth-order valence-electron chi connectivity index (χ4n) is 2.45. The van der Waals surface area contributed by atoms with Gasteiger partial charge in [-0.1, -0.05) is 6.08 Å². The van der Waals surface area contributed by atoms with Crippen LogP contribution >= 0.6 is 7.60 Å². The van der Waals surface area contributed by atoms with E-state index in [0.29, 0.717) is 11.2 Å². The first-order valence-corrected chi connectivity index (χ1v) is 13.7. The summed E-state index contributed by atoms with van der Waals surface area (Å²) in [6.07, 6.45) is 0.865. The predicted octanol–water partition coefficient (Wildman–Crippen LogP) is 3.64. The van der Waals surface area contributed by atoms with Gasteiger partial charge in [0.25, 0.3) is 0 Å². The van der Waals surface area contributed by atoms with Gasteiger partial charge in [0, 0.05) is 0 Å². The number of nitrogens with zero attached hydrogens (tertiary/aromatic N) is 4. The van der Waals surface area contributed by atoms with E-state index in [1.807, 2.05) is 6.92 Å². The fourth-order valence-corrected chi connectivity index (χ4v) is 3.54. The van der Waals surface area contributed by atoms with Crippen molar-refractivity contribution < 1.29 is 56.5 Å². The molecule has 2 aromatic rings. The zero-order valence-corrected chi connectivity index (χ0v) is 24.6. The number of allylic oxidation sites excluding steroid dienone is 1. The quantitative estimate of drug-likeness (QED) is 0.149. The van der Waals surface area contributed by atoms with E-state index in [1.54, 1.807) is 45.3 Å². The van der Waals surface area contributed by atoms with Gasteiger partial charge in [0.2, 0.25) is 13.6 Å². The molecular weight excluding hydrogens is 569 g/mol. The van der Waals surface area contributed by atoms with Gasteiger partial charge in [-0.05, 0) is 41.5 Å². The maximum Gasteiger partial charge on any atom is 0.510 e. The molecule has 41 heavy (non-hydrogen) atoms. The number of fused-ring (bicyclic) bond motifs is 1. The van der Waals surface area contributed by atoms with Crippen molar-refractivity contribution in [3.63, 3.8) is 0 Å². The molecule has 0 aromatic carbocycles. The summed E-state index contributed by atoms with van der Waals surface area (Å²) < 4.78 is 49.7. The topological polar surface area (TPSA) is 220 Å². The highest BCUT2D eigenvalue weighted by atomic mass is 31.2. The molecule has 0 fully saturated rings. The Morgan fingerprint density at radius 1 is 1.02 bits per heavy atom. The summed E-state index contributed by atoms with van der Waals surface area (Å²) in [4.78, 5) is 51.5. The molecule has 0 unspecified atom stereocenters. The van der Waals surface area contributed by atoms with Gasteiger partial charge < -0.3 is 34.0 Å². The molecule has 18 heteroatoms. The van der Waals surface area contributed by atoms with Crippen LogP contribution < -0.4 is 5.73 Å². The molecule has 1 atom stereocenters. The average molecular weight is 606 g/mol. The molecule has 0 aliphatic carbocycles. The van der Waals surface area contributed by atoms with Gasteiger partial charge in [0.1, 0.15) is 18.2 Å². The van der Waals surface area contributed by atoms with Crippen LogP contribution in [0.25, 0.3) is 11.2 Å². The van der Waals surface area contributed by atoms with Crippen molar-refractivity contribution in [2.24, 2.45) is 0 Å². The lowest BCUT2D eigenvalue weighted by molar-refractivity contribution is -0.191. The molecule has 17 nitrogen and oxygen atoms in total. The minimum Gasteiger partial charge on any atom is -0.432 e. The minimum atomic E-state index is -4.06. The predicted molar refractivity (Wildman–Crippen MR) is 141 cm³/mol. The highest BCUT2D eigenvalue weighted by molar-refractivity contribution is 7.53. The lowest BCUT2D eigenvalue weighted by Gasteiger charge is -2.21. The van der Waals surface area contributed by atoms with E-state index in [4.69, 9.17) is 48.1 Å². The second kappa shape index (κ2) is 20.1. The van der Waals surface area contributed by atoms with Crippen molar-refractivity contribution in [2.45, 2.75) is 66.4 Å². The largest absolute Gasteiger partial charge is 0.510 e. The average Bonchev–Trinajstić information content (AvgIpc) is 3.27. The van der Waals surface area contributed by atoms with Crippen LogP contribution in [0.2, 0.25) is 0 Å². The number of hydrogen-bond acceptors (Lipinski definition) is 16. The van der Waals surface area contributed by atoms with E-state index in [1.165, 1.54) is 12.7 Å². The first-order valence-electron chi connectivity index (χ1n) is 12.0. The zero-order valence-electron chi connectivity index (χ0n) is 23.7.